The van der Waals surface area contributed by atoms with Crippen molar-refractivity contribution in [3.8, 4) is 28.8 Å². The molecule has 0 atom stereocenters. The van der Waals surface area contributed by atoms with Crippen LogP contribution in [-0.2, 0) is 17.9 Å². The van der Waals surface area contributed by atoms with E-state index in [1.54, 1.807) is 23.3 Å². The van der Waals surface area contributed by atoms with Gasteiger partial charge >= 0.3 is 0 Å². The highest BCUT2D eigenvalue weighted by Gasteiger charge is 2.16. The first-order chi connectivity index (χ1) is 20.1. The molecule has 0 unspecified atom stereocenters. The van der Waals surface area contributed by atoms with Gasteiger partial charge in [-0.15, -0.1) is 0 Å². The molecule has 3 aromatic carbocycles. The smallest absolute Gasteiger partial charge is 0.261 e. The van der Waals surface area contributed by atoms with Crippen LogP contribution in [0.15, 0.2) is 109 Å². The van der Waals surface area contributed by atoms with E-state index in [2.05, 4.69) is 10.3 Å². The maximum absolute atomic E-state index is 12.9. The highest BCUT2D eigenvalue weighted by Crippen LogP contribution is 2.29. The summed E-state index contributed by atoms with van der Waals surface area (Å²) in [5.74, 6) is 0.231. The predicted octanol–water partition coefficient (Wildman–Crippen LogP) is 6.08. The van der Waals surface area contributed by atoms with Crippen LogP contribution >= 0.6 is 11.6 Å². The molecule has 0 radical (unpaired) electrons. The normalized spacial score (nSPS) is 11.2. The van der Waals surface area contributed by atoms with Gasteiger partial charge in [0.25, 0.3) is 5.91 Å². The fourth-order valence-electron chi connectivity index (χ4n) is 4.19. The third kappa shape index (κ3) is 7.29. The second-order valence-electron chi connectivity index (χ2n) is 9.24. The Balaban J connectivity index is 1.38. The van der Waals surface area contributed by atoms with E-state index in [1.807, 2.05) is 102 Å². The average Bonchev–Trinajstić information content (AvgIpc) is 3.69. The fraction of sp³-hybridized carbons (Fsp3) is 0.125. The molecule has 0 spiro atoms. The van der Waals surface area contributed by atoms with Crippen LogP contribution in [0, 0.1) is 11.3 Å². The van der Waals surface area contributed by atoms with Crippen molar-refractivity contribution in [2.75, 3.05) is 6.54 Å². The van der Waals surface area contributed by atoms with E-state index in [-0.39, 0.29) is 5.57 Å². The largest absolute Gasteiger partial charge is 0.489 e. The number of aromatic nitrogens is 4. The second-order valence-corrected chi connectivity index (χ2v) is 9.67. The minimum absolute atomic E-state index is 0.00312. The quantitative estimate of drug-likeness (QED) is 0.119. The van der Waals surface area contributed by atoms with Crippen molar-refractivity contribution in [3.05, 3.63) is 126 Å². The molecule has 0 bridgehead atoms. The number of carbonyl (C=O) groups excluding carboxylic acids is 1. The van der Waals surface area contributed by atoms with E-state index < -0.39 is 5.91 Å². The Bertz CT molecular complexity index is 1670. The number of ether oxygens (including phenoxy) is 1. The zero-order valence-electron chi connectivity index (χ0n) is 22.2. The van der Waals surface area contributed by atoms with Gasteiger partial charge < -0.3 is 14.6 Å². The van der Waals surface area contributed by atoms with Gasteiger partial charge in [-0.2, -0.15) is 10.4 Å². The van der Waals surface area contributed by atoms with E-state index in [9.17, 15) is 10.1 Å². The van der Waals surface area contributed by atoms with Crippen molar-refractivity contribution in [3.63, 3.8) is 0 Å². The summed E-state index contributed by atoms with van der Waals surface area (Å²) in [5.41, 5.74) is 3.88. The van der Waals surface area contributed by atoms with Gasteiger partial charge in [0.2, 0.25) is 0 Å². The van der Waals surface area contributed by atoms with Crippen LogP contribution in [0.5, 0.6) is 5.75 Å². The van der Waals surface area contributed by atoms with Crippen molar-refractivity contribution < 1.29 is 9.53 Å². The fourth-order valence-corrected chi connectivity index (χ4v) is 4.32. The van der Waals surface area contributed by atoms with Crippen LogP contribution in [0.1, 0.15) is 17.5 Å². The summed E-state index contributed by atoms with van der Waals surface area (Å²) < 4.78 is 9.70. The summed E-state index contributed by atoms with van der Waals surface area (Å²) in [4.78, 5) is 16.9. The highest BCUT2D eigenvalue weighted by molar-refractivity contribution is 6.30. The van der Waals surface area contributed by atoms with Gasteiger partial charge in [0.15, 0.2) is 0 Å². The highest BCUT2D eigenvalue weighted by atomic mass is 35.5. The molecule has 41 heavy (non-hydrogen) atoms. The first-order valence-corrected chi connectivity index (χ1v) is 13.5. The third-order valence-corrected chi connectivity index (χ3v) is 6.54. The lowest BCUT2D eigenvalue weighted by molar-refractivity contribution is -0.117. The number of amides is 1. The molecule has 1 N–H and O–H groups in total. The number of hydrogen-bond acceptors (Lipinski definition) is 5. The molecule has 5 rings (SSSR count). The Morgan fingerprint density at radius 2 is 1.90 bits per heavy atom. The lowest BCUT2D eigenvalue weighted by Crippen LogP contribution is -2.26. The molecule has 8 nitrogen and oxygen atoms in total. The number of halogens is 1. The van der Waals surface area contributed by atoms with E-state index in [0.29, 0.717) is 41.6 Å². The molecule has 0 saturated heterocycles. The molecular weight excluding hydrogens is 536 g/mol. The van der Waals surface area contributed by atoms with Crippen LogP contribution in [0.3, 0.4) is 0 Å². The number of nitrogens with one attached hydrogen (secondary N) is 1. The Kier molecular flexibility index (Phi) is 8.89. The van der Waals surface area contributed by atoms with Crippen LogP contribution in [0.2, 0.25) is 5.02 Å². The van der Waals surface area contributed by atoms with Gasteiger partial charge in [-0.3, -0.25) is 4.79 Å². The van der Waals surface area contributed by atoms with Gasteiger partial charge in [-0.25, -0.2) is 9.67 Å². The maximum Gasteiger partial charge on any atom is 0.261 e. The van der Waals surface area contributed by atoms with Crippen molar-refractivity contribution in [1.82, 2.24) is 24.6 Å². The molecule has 204 valence electrons. The zero-order chi connectivity index (χ0) is 28.4. The van der Waals surface area contributed by atoms with E-state index in [0.717, 1.165) is 23.4 Å². The Labute approximate surface area is 243 Å². The summed E-state index contributed by atoms with van der Waals surface area (Å²) in [6.45, 7) is 1.53. The SMILES string of the molecule is N#C/C(=C/c1cn(-c2ccccc2)nc1-c1cccc(OCc2ccc(Cl)cc2)c1)C(=O)NCCCn1ccnc1. The summed E-state index contributed by atoms with van der Waals surface area (Å²) in [6, 6.07) is 26.8. The van der Waals surface area contributed by atoms with Crippen LogP contribution in [-0.4, -0.2) is 31.8 Å². The molecule has 0 aliphatic heterocycles. The number of rotatable bonds is 11. The number of nitrogens with zero attached hydrogens (tertiary/aromatic N) is 5. The first-order valence-electron chi connectivity index (χ1n) is 13.1. The number of carbonyl (C=O) groups is 1. The lowest BCUT2D eigenvalue weighted by atomic mass is 10.1. The molecule has 0 aliphatic carbocycles. The standard InChI is InChI=1S/C32H27ClN6O2/c33-28-12-10-24(11-13-28)22-41-30-9-4-6-25(19-30)31-27(21-39(37-31)29-7-2-1-3-8-29)18-26(20-34)32(40)36-14-5-16-38-17-15-35-23-38/h1-4,6-13,15,17-19,21,23H,5,14,16,22H2,(H,36,40)/b26-18-. The maximum atomic E-state index is 12.9. The zero-order valence-corrected chi connectivity index (χ0v) is 22.9. The topological polar surface area (TPSA) is 97.8 Å². The van der Waals surface area contributed by atoms with Crippen molar-refractivity contribution >= 4 is 23.6 Å². The minimum atomic E-state index is -0.434. The Hall–Kier alpha value is -5.13. The number of hydrogen-bond donors (Lipinski definition) is 1. The molecule has 2 heterocycles. The number of benzene rings is 3. The summed E-state index contributed by atoms with van der Waals surface area (Å²) in [6.07, 6.45) is 9.41. The number of nitriles is 1. The molecule has 0 saturated carbocycles. The van der Waals surface area contributed by atoms with Gasteiger partial charge in [-0.1, -0.05) is 54.1 Å². The number of imidazole rings is 1. The van der Waals surface area contributed by atoms with Gasteiger partial charge in [0.1, 0.15) is 29.7 Å². The van der Waals surface area contributed by atoms with Crippen molar-refractivity contribution in [2.45, 2.75) is 19.6 Å². The van der Waals surface area contributed by atoms with Crippen molar-refractivity contribution in [1.29, 1.82) is 5.26 Å². The predicted molar refractivity (Wildman–Crippen MR) is 158 cm³/mol. The van der Waals surface area contributed by atoms with Gasteiger partial charge in [0.05, 0.1) is 12.0 Å². The van der Waals surface area contributed by atoms with Gasteiger partial charge in [-0.05, 0) is 54.5 Å². The molecule has 9 heteroatoms. The van der Waals surface area contributed by atoms with E-state index >= 15 is 0 Å². The molecule has 1 amide bonds. The average molecular weight is 563 g/mol. The summed E-state index contributed by atoms with van der Waals surface area (Å²) in [5, 5.41) is 18.2. The second kappa shape index (κ2) is 13.3. The van der Waals surface area contributed by atoms with Gasteiger partial charge in [0, 0.05) is 47.8 Å². The number of para-hydroxylation sites is 1. The summed E-state index contributed by atoms with van der Waals surface area (Å²) >= 11 is 5.99. The van der Waals surface area contributed by atoms with Crippen LogP contribution in [0.25, 0.3) is 23.0 Å². The third-order valence-electron chi connectivity index (χ3n) is 6.29. The number of aryl methyl sites for hydroxylation is 1. The molecule has 0 fully saturated rings. The molecule has 5 aromatic rings. The van der Waals surface area contributed by atoms with Crippen LogP contribution < -0.4 is 10.1 Å². The van der Waals surface area contributed by atoms with E-state index in [1.165, 1.54) is 0 Å². The Morgan fingerprint density at radius 3 is 2.66 bits per heavy atom. The molecule has 2 aromatic heterocycles. The van der Waals surface area contributed by atoms with Crippen LogP contribution in [0.4, 0.5) is 0 Å². The monoisotopic (exact) mass is 562 g/mol. The van der Waals surface area contributed by atoms with Crippen molar-refractivity contribution in [2.24, 2.45) is 0 Å². The summed E-state index contributed by atoms with van der Waals surface area (Å²) in [7, 11) is 0. The lowest BCUT2D eigenvalue weighted by Gasteiger charge is -2.08. The molecule has 0 aliphatic rings. The first kappa shape index (κ1) is 27.4. The minimum Gasteiger partial charge on any atom is -0.489 e. The molecular formula is C32H27ClN6O2. The Morgan fingerprint density at radius 1 is 1.07 bits per heavy atom. The van der Waals surface area contributed by atoms with E-state index in [4.69, 9.17) is 21.4 Å².